The predicted octanol–water partition coefficient (Wildman–Crippen LogP) is 0.927. The van der Waals surface area contributed by atoms with Gasteiger partial charge in [-0.25, -0.2) is 4.98 Å². The van der Waals surface area contributed by atoms with Gasteiger partial charge in [-0.15, -0.1) is 0 Å². The molecule has 3 heterocycles. The molecule has 0 atom stereocenters. The lowest BCUT2D eigenvalue weighted by molar-refractivity contribution is -0.121. The fraction of sp³-hybridized carbons (Fsp3) is 0.611. The highest BCUT2D eigenvalue weighted by atomic mass is 16.1. The van der Waals surface area contributed by atoms with Crippen LogP contribution in [0.1, 0.15) is 36.6 Å². The quantitative estimate of drug-likeness (QED) is 0.769. The first-order valence-corrected chi connectivity index (χ1v) is 8.83. The van der Waals surface area contributed by atoms with Crippen molar-refractivity contribution in [2.45, 2.75) is 40.0 Å². The van der Waals surface area contributed by atoms with Gasteiger partial charge in [0.2, 0.25) is 5.91 Å². The van der Waals surface area contributed by atoms with Crippen molar-refractivity contribution in [2.24, 2.45) is 12.5 Å². The number of rotatable bonds is 4. The fourth-order valence-electron chi connectivity index (χ4n) is 3.65. The van der Waals surface area contributed by atoms with Crippen molar-refractivity contribution in [1.29, 1.82) is 0 Å². The van der Waals surface area contributed by atoms with Crippen LogP contribution in [0.5, 0.6) is 0 Å². The SMILES string of the molecule is Cc1nc2c(c(C)c1CC(=O)NCC1(C)CCNCC1)c(=O)[nH]n2C. The number of hydrogen-bond donors (Lipinski definition) is 3. The number of aromatic amines is 1. The maximum atomic E-state index is 12.5. The van der Waals surface area contributed by atoms with Crippen LogP contribution in [0.15, 0.2) is 4.79 Å². The summed E-state index contributed by atoms with van der Waals surface area (Å²) < 4.78 is 1.62. The molecule has 1 aliphatic rings. The molecule has 0 aromatic carbocycles. The molecule has 1 fully saturated rings. The Morgan fingerprint density at radius 1 is 1.32 bits per heavy atom. The van der Waals surface area contributed by atoms with Gasteiger partial charge >= 0.3 is 0 Å². The molecule has 1 aliphatic heterocycles. The zero-order chi connectivity index (χ0) is 18.2. The Balaban J connectivity index is 1.77. The van der Waals surface area contributed by atoms with Crippen LogP contribution >= 0.6 is 0 Å². The molecule has 25 heavy (non-hydrogen) atoms. The van der Waals surface area contributed by atoms with Crippen LogP contribution in [0.2, 0.25) is 0 Å². The summed E-state index contributed by atoms with van der Waals surface area (Å²) in [4.78, 5) is 29.1. The van der Waals surface area contributed by atoms with Gasteiger partial charge < -0.3 is 10.6 Å². The lowest BCUT2D eigenvalue weighted by atomic mass is 9.81. The van der Waals surface area contributed by atoms with E-state index in [0.717, 1.165) is 42.8 Å². The van der Waals surface area contributed by atoms with Crippen molar-refractivity contribution in [3.05, 3.63) is 27.2 Å². The summed E-state index contributed by atoms with van der Waals surface area (Å²) in [6, 6.07) is 0. The molecule has 1 amide bonds. The number of amides is 1. The molecule has 0 radical (unpaired) electrons. The molecule has 3 N–H and O–H groups in total. The van der Waals surface area contributed by atoms with E-state index >= 15 is 0 Å². The summed E-state index contributed by atoms with van der Waals surface area (Å²) in [7, 11) is 1.77. The van der Waals surface area contributed by atoms with Crippen LogP contribution in [0.25, 0.3) is 11.0 Å². The van der Waals surface area contributed by atoms with Gasteiger partial charge in [0.05, 0.1) is 11.8 Å². The molecule has 136 valence electrons. The number of carbonyl (C=O) groups is 1. The van der Waals surface area contributed by atoms with Gasteiger partial charge in [0.1, 0.15) is 0 Å². The Bertz CT molecular complexity index is 858. The summed E-state index contributed by atoms with van der Waals surface area (Å²) in [5, 5.41) is 9.73. The molecular weight excluding hydrogens is 318 g/mol. The molecule has 0 aliphatic carbocycles. The number of aryl methyl sites for hydroxylation is 3. The third-order valence-corrected chi connectivity index (χ3v) is 5.44. The minimum atomic E-state index is -0.161. The lowest BCUT2D eigenvalue weighted by Gasteiger charge is -2.34. The minimum Gasteiger partial charge on any atom is -0.355 e. The van der Waals surface area contributed by atoms with Gasteiger partial charge in [-0.3, -0.25) is 19.4 Å². The highest BCUT2D eigenvalue weighted by Gasteiger charge is 2.27. The second-order valence-corrected chi connectivity index (χ2v) is 7.51. The number of fused-ring (bicyclic) bond motifs is 1. The number of piperidine rings is 1. The van der Waals surface area contributed by atoms with Crippen molar-refractivity contribution < 1.29 is 4.79 Å². The number of hydrogen-bond acceptors (Lipinski definition) is 4. The average molecular weight is 345 g/mol. The van der Waals surface area contributed by atoms with E-state index in [1.165, 1.54) is 0 Å². The predicted molar refractivity (Wildman–Crippen MR) is 97.7 cm³/mol. The average Bonchev–Trinajstić information content (AvgIpc) is 2.84. The molecule has 1 saturated heterocycles. The Labute approximate surface area is 147 Å². The van der Waals surface area contributed by atoms with Crippen molar-refractivity contribution in [3.8, 4) is 0 Å². The second kappa shape index (κ2) is 6.63. The van der Waals surface area contributed by atoms with E-state index in [1.807, 2.05) is 13.8 Å². The maximum Gasteiger partial charge on any atom is 0.273 e. The van der Waals surface area contributed by atoms with E-state index in [9.17, 15) is 9.59 Å². The number of aromatic nitrogens is 3. The number of nitrogens with one attached hydrogen (secondary N) is 3. The number of nitrogens with zero attached hydrogens (tertiary/aromatic N) is 2. The van der Waals surface area contributed by atoms with Crippen molar-refractivity contribution in [2.75, 3.05) is 19.6 Å². The topological polar surface area (TPSA) is 91.8 Å². The van der Waals surface area contributed by atoms with Crippen LogP contribution in [0, 0.1) is 19.3 Å². The number of carbonyl (C=O) groups excluding carboxylic acids is 1. The Morgan fingerprint density at radius 3 is 2.68 bits per heavy atom. The van der Waals surface area contributed by atoms with Crippen LogP contribution in [0.3, 0.4) is 0 Å². The van der Waals surface area contributed by atoms with Crippen LogP contribution in [0.4, 0.5) is 0 Å². The summed E-state index contributed by atoms with van der Waals surface area (Å²) in [6.45, 7) is 8.70. The normalized spacial score (nSPS) is 17.0. The highest BCUT2D eigenvalue weighted by molar-refractivity contribution is 5.84. The maximum absolute atomic E-state index is 12.5. The van der Waals surface area contributed by atoms with E-state index < -0.39 is 0 Å². The zero-order valence-electron chi connectivity index (χ0n) is 15.5. The summed E-state index contributed by atoms with van der Waals surface area (Å²) in [5.41, 5.74) is 3.11. The van der Waals surface area contributed by atoms with Gasteiger partial charge in [-0.05, 0) is 56.3 Å². The molecule has 0 saturated carbocycles. The summed E-state index contributed by atoms with van der Waals surface area (Å²) in [5.74, 6) is -0.0144. The monoisotopic (exact) mass is 345 g/mol. The Kier molecular flexibility index (Phi) is 4.69. The van der Waals surface area contributed by atoms with Crippen LogP contribution in [-0.4, -0.2) is 40.3 Å². The van der Waals surface area contributed by atoms with E-state index in [2.05, 4.69) is 27.6 Å². The van der Waals surface area contributed by atoms with E-state index in [1.54, 1.807) is 11.7 Å². The smallest absolute Gasteiger partial charge is 0.273 e. The molecule has 2 aromatic rings. The van der Waals surface area contributed by atoms with E-state index in [-0.39, 0.29) is 23.3 Å². The first-order chi connectivity index (χ1) is 11.8. The van der Waals surface area contributed by atoms with Gasteiger partial charge in [0, 0.05) is 19.3 Å². The third kappa shape index (κ3) is 3.46. The standard InChI is InChI=1S/C18H27N5O2/c1-11-13(12(2)21-16-15(11)17(25)22-23(16)4)9-14(24)20-10-18(3)5-7-19-8-6-18/h19H,5-10H2,1-4H3,(H,20,24)(H,22,25). The molecule has 0 bridgehead atoms. The second-order valence-electron chi connectivity index (χ2n) is 7.51. The minimum absolute atomic E-state index is 0.0144. The molecule has 7 nitrogen and oxygen atoms in total. The Morgan fingerprint density at radius 2 is 2.00 bits per heavy atom. The van der Waals surface area contributed by atoms with E-state index in [4.69, 9.17) is 0 Å². The van der Waals surface area contributed by atoms with Crippen molar-refractivity contribution >= 4 is 16.9 Å². The molecule has 0 unspecified atom stereocenters. The van der Waals surface area contributed by atoms with Gasteiger partial charge in [0.15, 0.2) is 5.65 Å². The molecular formula is C18H27N5O2. The zero-order valence-corrected chi connectivity index (χ0v) is 15.5. The third-order valence-electron chi connectivity index (χ3n) is 5.44. The largest absolute Gasteiger partial charge is 0.355 e. The van der Waals surface area contributed by atoms with Crippen molar-refractivity contribution in [1.82, 2.24) is 25.4 Å². The lowest BCUT2D eigenvalue weighted by Crippen LogP contribution is -2.43. The number of H-pyrrole nitrogens is 1. The molecule has 0 spiro atoms. The first-order valence-electron chi connectivity index (χ1n) is 8.83. The number of pyridine rings is 1. The van der Waals surface area contributed by atoms with Gasteiger partial charge in [-0.1, -0.05) is 6.92 Å². The van der Waals surface area contributed by atoms with Crippen LogP contribution in [-0.2, 0) is 18.3 Å². The van der Waals surface area contributed by atoms with E-state index in [0.29, 0.717) is 17.6 Å². The first kappa shape index (κ1) is 17.7. The van der Waals surface area contributed by atoms with Gasteiger partial charge in [-0.2, -0.15) is 0 Å². The summed E-state index contributed by atoms with van der Waals surface area (Å²) in [6.07, 6.45) is 2.39. The Hall–Kier alpha value is -2.15. The fourth-order valence-corrected chi connectivity index (χ4v) is 3.65. The van der Waals surface area contributed by atoms with Crippen molar-refractivity contribution in [3.63, 3.8) is 0 Å². The van der Waals surface area contributed by atoms with Crippen LogP contribution < -0.4 is 16.2 Å². The molecule has 7 heteroatoms. The molecule has 3 rings (SSSR count). The summed E-state index contributed by atoms with van der Waals surface area (Å²) >= 11 is 0. The van der Waals surface area contributed by atoms with Gasteiger partial charge in [0.25, 0.3) is 5.56 Å². The molecule has 2 aromatic heterocycles. The highest BCUT2D eigenvalue weighted by Crippen LogP contribution is 2.27.